The molecular formula is C32H37N5O7. The van der Waals surface area contributed by atoms with Crippen LogP contribution < -0.4 is 20.3 Å². The number of likely N-dealkylation sites (tertiary alicyclic amines) is 1. The number of nitrogens with one attached hydrogen (secondary N) is 2. The van der Waals surface area contributed by atoms with Gasteiger partial charge in [-0.1, -0.05) is 12.1 Å². The summed E-state index contributed by atoms with van der Waals surface area (Å²) in [6, 6.07) is 11.9. The van der Waals surface area contributed by atoms with Crippen molar-refractivity contribution in [1.29, 1.82) is 0 Å². The second-order valence-electron chi connectivity index (χ2n) is 11.1. The number of nitrogens with zero attached hydrogens (tertiary/aromatic N) is 3. The summed E-state index contributed by atoms with van der Waals surface area (Å²) in [6.07, 6.45) is -0.0318. The number of hydrogen-bond acceptors (Lipinski definition) is 8. The molecule has 12 nitrogen and oxygen atoms in total. The van der Waals surface area contributed by atoms with Crippen LogP contribution in [0.4, 0.5) is 0 Å². The summed E-state index contributed by atoms with van der Waals surface area (Å²) in [5.41, 5.74) is 1.67. The second kappa shape index (κ2) is 13.3. The van der Waals surface area contributed by atoms with Gasteiger partial charge >= 0.3 is 0 Å². The molecule has 3 aromatic rings. The molecule has 5 rings (SSSR count). The molecule has 0 saturated carbocycles. The highest BCUT2D eigenvalue weighted by molar-refractivity contribution is 5.97. The van der Waals surface area contributed by atoms with E-state index in [4.69, 9.17) is 14.2 Å². The number of amides is 3. The average molecular weight is 604 g/mol. The van der Waals surface area contributed by atoms with Crippen LogP contribution in [-0.2, 0) is 27.4 Å². The normalized spacial score (nSPS) is 19.1. The Labute approximate surface area is 255 Å². The lowest BCUT2D eigenvalue weighted by molar-refractivity contribution is -0.136. The van der Waals surface area contributed by atoms with Crippen LogP contribution in [0.1, 0.15) is 46.3 Å². The van der Waals surface area contributed by atoms with Crippen LogP contribution in [0.3, 0.4) is 0 Å². The third kappa shape index (κ3) is 7.25. The molecule has 4 bridgehead atoms. The van der Waals surface area contributed by atoms with Crippen molar-refractivity contribution in [3.05, 3.63) is 81.0 Å². The predicted molar refractivity (Wildman–Crippen MR) is 161 cm³/mol. The summed E-state index contributed by atoms with van der Waals surface area (Å²) in [4.78, 5) is 62.4. The first kappa shape index (κ1) is 30.7. The third-order valence-electron chi connectivity index (χ3n) is 7.68. The van der Waals surface area contributed by atoms with Gasteiger partial charge in [0.2, 0.25) is 11.8 Å². The summed E-state index contributed by atoms with van der Waals surface area (Å²) < 4.78 is 18.1. The van der Waals surface area contributed by atoms with E-state index in [1.54, 1.807) is 44.0 Å². The first-order valence-corrected chi connectivity index (χ1v) is 14.6. The number of fused-ring (bicyclic) bond motifs is 5. The number of carbonyl (C=O) groups is 3. The molecule has 1 saturated heterocycles. The van der Waals surface area contributed by atoms with Crippen molar-refractivity contribution in [2.75, 3.05) is 33.3 Å². The van der Waals surface area contributed by atoms with Gasteiger partial charge in [-0.25, -0.2) is 4.98 Å². The smallest absolute Gasteiger partial charge is 0.254 e. The molecule has 2 atom stereocenters. The van der Waals surface area contributed by atoms with Crippen LogP contribution in [0.25, 0.3) is 0 Å². The largest absolute Gasteiger partial charge is 0.494 e. The first-order valence-electron chi connectivity index (χ1n) is 14.6. The van der Waals surface area contributed by atoms with Gasteiger partial charge in [0.15, 0.2) is 0 Å². The molecule has 2 aliphatic rings. The molecular weight excluding hydrogens is 566 g/mol. The minimum atomic E-state index is -0.542. The predicted octanol–water partition coefficient (Wildman–Crippen LogP) is 2.51. The zero-order valence-corrected chi connectivity index (χ0v) is 25.3. The standard InChI is InChI=1S/C32H37N5O7/c1-5-42-24-12-22-13-25(14-24)44-23-8-6-7-21(11-23)18-43-28-9-10-37(16-27(28)35-29(38)17-36(4)32(22)41)30(39)15-26-19(2)33-20(3)34-31(26)40/h6-8,11-14,27-28H,5,9-10,15-18H2,1-4H3,(H,35,38)(H,33,34,40)/t27-,28+/m0/s1. The maximum absolute atomic E-state index is 13.4. The van der Waals surface area contributed by atoms with E-state index in [1.165, 1.54) is 4.90 Å². The van der Waals surface area contributed by atoms with E-state index in [0.717, 1.165) is 5.56 Å². The maximum Gasteiger partial charge on any atom is 0.254 e. The lowest BCUT2D eigenvalue weighted by Crippen LogP contribution is -2.58. The Hall–Kier alpha value is -4.71. The molecule has 1 aromatic heterocycles. The van der Waals surface area contributed by atoms with E-state index in [0.29, 0.717) is 59.5 Å². The van der Waals surface area contributed by atoms with E-state index >= 15 is 0 Å². The molecule has 2 aliphatic heterocycles. The Kier molecular flexibility index (Phi) is 9.29. The minimum absolute atomic E-state index is 0.104. The van der Waals surface area contributed by atoms with Crippen molar-refractivity contribution in [3.8, 4) is 17.2 Å². The van der Waals surface area contributed by atoms with Gasteiger partial charge in [0, 0.05) is 43.0 Å². The number of rotatable bonds is 4. The fraction of sp³-hybridized carbons (Fsp3) is 0.406. The molecule has 0 spiro atoms. The highest BCUT2D eigenvalue weighted by Crippen LogP contribution is 2.29. The van der Waals surface area contributed by atoms with Crippen LogP contribution in [0.5, 0.6) is 17.2 Å². The number of carbonyl (C=O) groups excluding carboxylic acids is 3. The Bertz CT molecular complexity index is 1620. The number of benzene rings is 2. The molecule has 3 amide bonds. The van der Waals surface area contributed by atoms with Gasteiger partial charge in [0.05, 0.1) is 38.3 Å². The number of aryl methyl sites for hydroxylation is 2. The van der Waals surface area contributed by atoms with Crippen LogP contribution >= 0.6 is 0 Å². The monoisotopic (exact) mass is 603 g/mol. The molecule has 2 N–H and O–H groups in total. The quantitative estimate of drug-likeness (QED) is 0.463. The molecule has 12 heteroatoms. The van der Waals surface area contributed by atoms with Crippen molar-refractivity contribution in [2.45, 2.75) is 52.4 Å². The lowest BCUT2D eigenvalue weighted by Gasteiger charge is -2.39. The summed E-state index contributed by atoms with van der Waals surface area (Å²) in [7, 11) is 1.54. The number of hydrogen-bond donors (Lipinski definition) is 2. The number of likely N-dealkylation sites (N-methyl/N-ethyl adjacent to an activating group) is 1. The summed E-state index contributed by atoms with van der Waals surface area (Å²) in [5.74, 6) is 0.936. The Morgan fingerprint density at radius 1 is 1.11 bits per heavy atom. The van der Waals surface area contributed by atoms with Gasteiger partial charge in [-0.05, 0) is 57.0 Å². The van der Waals surface area contributed by atoms with Crippen molar-refractivity contribution in [2.24, 2.45) is 0 Å². The summed E-state index contributed by atoms with van der Waals surface area (Å²) >= 11 is 0. The van der Waals surface area contributed by atoms with Crippen molar-refractivity contribution < 1.29 is 28.6 Å². The number of ether oxygens (including phenoxy) is 3. The SMILES string of the molecule is CCOc1cc2cc(c1)C(=O)N(C)CC(=O)N[C@H]1CN(C(=O)Cc3c(C)nc(C)[nH]c3=O)CC[C@H]1OCc1cccc(c1)O2. The van der Waals surface area contributed by atoms with Crippen molar-refractivity contribution >= 4 is 17.7 Å². The highest BCUT2D eigenvalue weighted by atomic mass is 16.5. The van der Waals surface area contributed by atoms with E-state index in [2.05, 4.69) is 15.3 Å². The third-order valence-corrected chi connectivity index (χ3v) is 7.68. The first-order chi connectivity index (χ1) is 21.1. The van der Waals surface area contributed by atoms with Gasteiger partial charge in [0.25, 0.3) is 11.5 Å². The summed E-state index contributed by atoms with van der Waals surface area (Å²) in [5, 5.41) is 2.99. The van der Waals surface area contributed by atoms with Crippen LogP contribution in [0.2, 0.25) is 0 Å². The van der Waals surface area contributed by atoms with Gasteiger partial charge < -0.3 is 34.3 Å². The fourth-order valence-electron chi connectivity index (χ4n) is 5.52. The Morgan fingerprint density at radius 3 is 2.70 bits per heavy atom. The molecule has 2 aromatic carbocycles. The molecule has 232 valence electrons. The lowest BCUT2D eigenvalue weighted by atomic mass is 10.0. The van der Waals surface area contributed by atoms with Gasteiger partial charge in [-0.2, -0.15) is 0 Å². The minimum Gasteiger partial charge on any atom is -0.494 e. The number of aromatic nitrogens is 2. The Balaban J connectivity index is 1.39. The number of piperidine rings is 1. The zero-order valence-electron chi connectivity index (χ0n) is 25.3. The van der Waals surface area contributed by atoms with Gasteiger partial charge in [-0.3, -0.25) is 19.2 Å². The molecule has 0 unspecified atom stereocenters. The van der Waals surface area contributed by atoms with E-state index < -0.39 is 18.1 Å². The molecule has 1 fully saturated rings. The number of aromatic amines is 1. The van der Waals surface area contributed by atoms with Crippen LogP contribution in [-0.4, -0.2) is 82.9 Å². The number of H-pyrrole nitrogens is 1. The average Bonchev–Trinajstić information content (AvgIpc) is 2.97. The Morgan fingerprint density at radius 2 is 1.93 bits per heavy atom. The van der Waals surface area contributed by atoms with Crippen LogP contribution in [0, 0.1) is 13.8 Å². The highest BCUT2D eigenvalue weighted by Gasteiger charge is 2.34. The zero-order chi connectivity index (χ0) is 31.4. The molecule has 0 radical (unpaired) electrons. The van der Waals surface area contributed by atoms with Gasteiger partial charge in [0.1, 0.15) is 23.1 Å². The van der Waals surface area contributed by atoms with E-state index in [-0.39, 0.29) is 43.5 Å². The molecule has 3 heterocycles. The molecule has 44 heavy (non-hydrogen) atoms. The van der Waals surface area contributed by atoms with Gasteiger partial charge in [-0.15, -0.1) is 0 Å². The van der Waals surface area contributed by atoms with Crippen molar-refractivity contribution in [3.63, 3.8) is 0 Å². The second-order valence-corrected chi connectivity index (χ2v) is 11.1. The van der Waals surface area contributed by atoms with Crippen molar-refractivity contribution in [1.82, 2.24) is 25.1 Å². The fourth-order valence-corrected chi connectivity index (χ4v) is 5.52. The topological polar surface area (TPSA) is 143 Å². The molecule has 0 aliphatic carbocycles. The van der Waals surface area contributed by atoms with E-state index in [9.17, 15) is 19.2 Å². The summed E-state index contributed by atoms with van der Waals surface area (Å²) in [6.45, 7) is 6.27. The maximum atomic E-state index is 13.4. The van der Waals surface area contributed by atoms with Crippen LogP contribution in [0.15, 0.2) is 47.3 Å². The van der Waals surface area contributed by atoms with E-state index in [1.807, 2.05) is 31.2 Å².